The maximum atomic E-state index is 12.0. The number of amides is 1. The van der Waals surface area contributed by atoms with Gasteiger partial charge in [-0.3, -0.25) is 4.79 Å². The van der Waals surface area contributed by atoms with Crippen molar-refractivity contribution in [2.75, 3.05) is 12.3 Å². The van der Waals surface area contributed by atoms with Gasteiger partial charge in [-0.05, 0) is 36.8 Å². The van der Waals surface area contributed by atoms with E-state index in [1.54, 1.807) is 12.1 Å². The van der Waals surface area contributed by atoms with Gasteiger partial charge in [0.05, 0.1) is 5.56 Å². The lowest BCUT2D eigenvalue weighted by Crippen LogP contribution is -2.31. The number of anilines is 1. The van der Waals surface area contributed by atoms with Crippen LogP contribution in [0.2, 0.25) is 0 Å². The van der Waals surface area contributed by atoms with E-state index in [4.69, 9.17) is 5.73 Å². The largest absolute Gasteiger partial charge is 0.398 e. The zero-order valence-electron chi connectivity index (χ0n) is 11.0. The van der Waals surface area contributed by atoms with Crippen molar-refractivity contribution in [3.63, 3.8) is 0 Å². The molecule has 1 aromatic rings. The number of hydrogen-bond donors (Lipinski definition) is 2. The summed E-state index contributed by atoms with van der Waals surface area (Å²) in [5, 5.41) is 3.01. The molecule has 0 atom stereocenters. The Morgan fingerprint density at radius 1 is 1.28 bits per heavy atom. The average molecular weight is 246 g/mol. The summed E-state index contributed by atoms with van der Waals surface area (Å²) in [4.78, 5) is 12.0. The Hall–Kier alpha value is -1.51. The van der Waals surface area contributed by atoms with Crippen molar-refractivity contribution in [1.82, 2.24) is 5.32 Å². The molecule has 0 bridgehead atoms. The van der Waals surface area contributed by atoms with Gasteiger partial charge >= 0.3 is 0 Å². The first-order chi connectivity index (χ1) is 8.66. The van der Waals surface area contributed by atoms with Crippen molar-refractivity contribution in [2.24, 2.45) is 11.8 Å². The fourth-order valence-corrected chi connectivity index (χ4v) is 2.57. The van der Waals surface area contributed by atoms with Crippen LogP contribution in [0.4, 0.5) is 5.69 Å². The SMILES string of the molecule is CC1CCC(CNC(=O)c2ccccc2N)CC1. The second kappa shape index (κ2) is 5.89. The Labute approximate surface area is 109 Å². The van der Waals surface area contributed by atoms with Gasteiger partial charge in [-0.2, -0.15) is 0 Å². The number of hydrogen-bond acceptors (Lipinski definition) is 2. The summed E-state index contributed by atoms with van der Waals surface area (Å²) in [6, 6.07) is 7.22. The number of rotatable bonds is 3. The predicted octanol–water partition coefficient (Wildman–Crippen LogP) is 2.82. The van der Waals surface area contributed by atoms with Crippen molar-refractivity contribution >= 4 is 11.6 Å². The van der Waals surface area contributed by atoms with E-state index >= 15 is 0 Å². The summed E-state index contributed by atoms with van der Waals surface area (Å²) in [5.41, 5.74) is 6.92. The Bertz CT molecular complexity index is 409. The first-order valence-corrected chi connectivity index (χ1v) is 6.79. The second-order valence-corrected chi connectivity index (χ2v) is 5.42. The molecule has 0 aromatic heterocycles. The van der Waals surface area contributed by atoms with Crippen molar-refractivity contribution in [3.05, 3.63) is 29.8 Å². The smallest absolute Gasteiger partial charge is 0.253 e. The molecule has 3 N–H and O–H groups in total. The zero-order chi connectivity index (χ0) is 13.0. The number of nitrogens with two attached hydrogens (primary N) is 1. The molecule has 0 unspecified atom stereocenters. The highest BCUT2D eigenvalue weighted by atomic mass is 16.1. The number of nitrogen functional groups attached to an aromatic ring is 1. The zero-order valence-corrected chi connectivity index (χ0v) is 11.0. The van der Waals surface area contributed by atoms with Gasteiger partial charge in [-0.1, -0.05) is 31.9 Å². The van der Waals surface area contributed by atoms with Crippen LogP contribution in [0, 0.1) is 11.8 Å². The third kappa shape index (κ3) is 3.25. The van der Waals surface area contributed by atoms with Gasteiger partial charge in [-0.25, -0.2) is 0 Å². The topological polar surface area (TPSA) is 55.1 Å². The minimum atomic E-state index is -0.0493. The van der Waals surface area contributed by atoms with Crippen molar-refractivity contribution in [1.29, 1.82) is 0 Å². The standard InChI is InChI=1S/C15H22N2O/c1-11-6-8-12(9-7-11)10-17-15(18)13-4-2-3-5-14(13)16/h2-5,11-12H,6-10,16H2,1H3,(H,17,18). The van der Waals surface area contributed by atoms with Crippen molar-refractivity contribution < 1.29 is 4.79 Å². The molecule has 0 spiro atoms. The van der Waals surface area contributed by atoms with Crippen LogP contribution >= 0.6 is 0 Å². The number of carbonyl (C=O) groups excluding carboxylic acids is 1. The summed E-state index contributed by atoms with van der Waals surface area (Å²) in [6.45, 7) is 3.08. The summed E-state index contributed by atoms with van der Waals surface area (Å²) in [6.07, 6.45) is 5.03. The van der Waals surface area contributed by atoms with E-state index < -0.39 is 0 Å². The van der Waals surface area contributed by atoms with Gasteiger partial charge < -0.3 is 11.1 Å². The van der Waals surface area contributed by atoms with E-state index in [1.807, 2.05) is 12.1 Å². The number of nitrogens with one attached hydrogen (secondary N) is 1. The van der Waals surface area contributed by atoms with Crippen LogP contribution in [-0.4, -0.2) is 12.5 Å². The second-order valence-electron chi connectivity index (χ2n) is 5.42. The summed E-state index contributed by atoms with van der Waals surface area (Å²) >= 11 is 0. The molecule has 1 aliphatic carbocycles. The van der Waals surface area contributed by atoms with E-state index in [1.165, 1.54) is 25.7 Å². The minimum Gasteiger partial charge on any atom is -0.398 e. The van der Waals surface area contributed by atoms with Gasteiger partial charge in [0.2, 0.25) is 0 Å². The fourth-order valence-electron chi connectivity index (χ4n) is 2.57. The van der Waals surface area contributed by atoms with E-state index in [9.17, 15) is 4.79 Å². The van der Waals surface area contributed by atoms with E-state index in [0.717, 1.165) is 12.5 Å². The quantitative estimate of drug-likeness (QED) is 0.806. The summed E-state index contributed by atoms with van der Waals surface area (Å²) in [7, 11) is 0. The van der Waals surface area contributed by atoms with E-state index in [-0.39, 0.29) is 5.91 Å². The monoisotopic (exact) mass is 246 g/mol. The van der Waals surface area contributed by atoms with Gasteiger partial charge in [-0.15, -0.1) is 0 Å². The maximum Gasteiger partial charge on any atom is 0.253 e. The molecule has 0 heterocycles. The molecule has 1 fully saturated rings. The molecular formula is C15H22N2O. The molecule has 1 aromatic carbocycles. The molecular weight excluding hydrogens is 224 g/mol. The molecule has 0 aliphatic heterocycles. The van der Waals surface area contributed by atoms with Crippen LogP contribution in [0.5, 0.6) is 0 Å². The third-order valence-corrected chi connectivity index (χ3v) is 3.89. The molecule has 1 amide bonds. The Morgan fingerprint density at radius 3 is 2.61 bits per heavy atom. The van der Waals surface area contributed by atoms with Gasteiger partial charge in [0, 0.05) is 12.2 Å². The third-order valence-electron chi connectivity index (χ3n) is 3.89. The van der Waals surface area contributed by atoms with Crippen LogP contribution in [0.25, 0.3) is 0 Å². The summed E-state index contributed by atoms with van der Waals surface area (Å²) < 4.78 is 0. The van der Waals surface area contributed by atoms with Crippen LogP contribution < -0.4 is 11.1 Å². The van der Waals surface area contributed by atoms with Gasteiger partial charge in [0.25, 0.3) is 5.91 Å². The molecule has 0 radical (unpaired) electrons. The fraction of sp³-hybridized carbons (Fsp3) is 0.533. The van der Waals surface area contributed by atoms with Crippen molar-refractivity contribution in [2.45, 2.75) is 32.6 Å². The van der Waals surface area contributed by atoms with Crippen molar-refractivity contribution in [3.8, 4) is 0 Å². The lowest BCUT2D eigenvalue weighted by molar-refractivity contribution is 0.0943. The number of benzene rings is 1. The van der Waals surface area contributed by atoms with Crippen LogP contribution in [0.3, 0.4) is 0 Å². The Morgan fingerprint density at radius 2 is 1.94 bits per heavy atom. The molecule has 98 valence electrons. The number of carbonyl (C=O) groups is 1. The molecule has 18 heavy (non-hydrogen) atoms. The highest BCUT2D eigenvalue weighted by Gasteiger charge is 2.19. The van der Waals surface area contributed by atoms with Gasteiger partial charge in [0.1, 0.15) is 0 Å². The highest BCUT2D eigenvalue weighted by Crippen LogP contribution is 2.27. The molecule has 0 saturated heterocycles. The normalized spacial score (nSPS) is 23.6. The molecule has 3 heteroatoms. The summed E-state index contributed by atoms with van der Waals surface area (Å²) in [5.74, 6) is 1.43. The highest BCUT2D eigenvalue weighted by molar-refractivity contribution is 5.99. The first kappa shape index (κ1) is 12.9. The average Bonchev–Trinajstić information content (AvgIpc) is 2.38. The Balaban J connectivity index is 1.84. The van der Waals surface area contributed by atoms with E-state index in [0.29, 0.717) is 17.2 Å². The number of para-hydroxylation sites is 1. The molecule has 1 saturated carbocycles. The van der Waals surface area contributed by atoms with Crippen LogP contribution in [0.15, 0.2) is 24.3 Å². The predicted molar refractivity (Wildman–Crippen MR) is 74.3 cm³/mol. The van der Waals surface area contributed by atoms with Gasteiger partial charge in [0.15, 0.2) is 0 Å². The first-order valence-electron chi connectivity index (χ1n) is 6.79. The van der Waals surface area contributed by atoms with E-state index in [2.05, 4.69) is 12.2 Å². The molecule has 1 aliphatic rings. The van der Waals surface area contributed by atoms with Crippen LogP contribution in [-0.2, 0) is 0 Å². The lowest BCUT2D eigenvalue weighted by Gasteiger charge is -2.26. The minimum absolute atomic E-state index is 0.0493. The molecule has 3 nitrogen and oxygen atoms in total. The molecule has 2 rings (SSSR count). The lowest BCUT2D eigenvalue weighted by atomic mass is 9.83. The Kier molecular flexibility index (Phi) is 4.24. The maximum absolute atomic E-state index is 12.0. The van der Waals surface area contributed by atoms with Crippen LogP contribution in [0.1, 0.15) is 43.0 Å².